The predicted molar refractivity (Wildman–Crippen MR) is 62.8 cm³/mol. The molecule has 0 saturated heterocycles. The molecule has 0 amide bonds. The number of anilines is 1. The zero-order valence-electron chi connectivity index (χ0n) is 9.77. The van der Waals surface area contributed by atoms with Gasteiger partial charge in [-0.1, -0.05) is 6.07 Å². The fourth-order valence-corrected chi connectivity index (χ4v) is 2.17. The van der Waals surface area contributed by atoms with Crippen LogP contribution in [0.1, 0.15) is 19.3 Å². The number of aromatic nitrogens is 1. The average molecular weight is 222 g/mol. The van der Waals surface area contributed by atoms with Gasteiger partial charge in [-0.05, 0) is 25.3 Å². The highest BCUT2D eigenvalue weighted by atomic mass is 16.5. The predicted octanol–water partition coefficient (Wildman–Crippen LogP) is 2.07. The van der Waals surface area contributed by atoms with Crippen molar-refractivity contribution in [3.63, 3.8) is 0 Å². The summed E-state index contributed by atoms with van der Waals surface area (Å²) in [5.74, 6) is 1.49. The van der Waals surface area contributed by atoms with E-state index < -0.39 is 0 Å². The lowest BCUT2D eigenvalue weighted by molar-refractivity contribution is 0.101. The summed E-state index contributed by atoms with van der Waals surface area (Å²) in [4.78, 5) is 4.33. The Hall–Kier alpha value is -1.29. The second-order valence-corrected chi connectivity index (χ2v) is 4.02. The normalized spacial score (nSPS) is 24.4. The standard InChI is InChI=1S/C12H18N2O2/c1-15-10-6-3-5-9(10)13-11-7-4-8-12(14-11)16-2/h4,7-10H,3,5-6H2,1-2H3,(H,13,14). The molecule has 1 N–H and O–H groups in total. The molecule has 1 saturated carbocycles. The van der Waals surface area contributed by atoms with Crippen molar-refractivity contribution in [2.24, 2.45) is 0 Å². The lowest BCUT2D eigenvalue weighted by Crippen LogP contribution is -2.30. The van der Waals surface area contributed by atoms with Gasteiger partial charge in [0.2, 0.25) is 5.88 Å². The summed E-state index contributed by atoms with van der Waals surface area (Å²) >= 11 is 0. The molecule has 1 fully saturated rings. The zero-order valence-corrected chi connectivity index (χ0v) is 9.77. The first-order chi connectivity index (χ1) is 7.83. The Labute approximate surface area is 96.0 Å². The van der Waals surface area contributed by atoms with E-state index in [2.05, 4.69) is 10.3 Å². The van der Waals surface area contributed by atoms with E-state index in [1.807, 2.05) is 18.2 Å². The fourth-order valence-electron chi connectivity index (χ4n) is 2.17. The SMILES string of the molecule is COc1cccc(NC2CCCC2OC)n1. The molecular weight excluding hydrogens is 204 g/mol. The summed E-state index contributed by atoms with van der Waals surface area (Å²) in [5, 5.41) is 3.40. The van der Waals surface area contributed by atoms with Gasteiger partial charge in [-0.25, -0.2) is 0 Å². The molecular formula is C12H18N2O2. The lowest BCUT2D eigenvalue weighted by atomic mass is 10.2. The molecule has 2 rings (SSSR count). The van der Waals surface area contributed by atoms with Crippen LogP contribution in [0.15, 0.2) is 18.2 Å². The summed E-state index contributed by atoms with van der Waals surface area (Å²) in [5.41, 5.74) is 0. The second-order valence-electron chi connectivity index (χ2n) is 4.02. The number of methoxy groups -OCH3 is 2. The molecule has 88 valence electrons. The highest BCUT2D eigenvalue weighted by molar-refractivity contribution is 5.38. The third-order valence-corrected chi connectivity index (χ3v) is 3.02. The van der Waals surface area contributed by atoms with Crippen LogP contribution in [-0.4, -0.2) is 31.3 Å². The van der Waals surface area contributed by atoms with Crippen molar-refractivity contribution in [3.05, 3.63) is 18.2 Å². The molecule has 0 spiro atoms. The van der Waals surface area contributed by atoms with Crippen molar-refractivity contribution in [2.75, 3.05) is 19.5 Å². The van der Waals surface area contributed by atoms with Gasteiger partial charge in [0.05, 0.1) is 19.3 Å². The first-order valence-corrected chi connectivity index (χ1v) is 5.64. The highest BCUT2D eigenvalue weighted by Gasteiger charge is 2.27. The van der Waals surface area contributed by atoms with Crippen LogP contribution in [0.5, 0.6) is 5.88 Å². The van der Waals surface area contributed by atoms with Crippen LogP contribution in [0, 0.1) is 0 Å². The topological polar surface area (TPSA) is 43.4 Å². The van der Waals surface area contributed by atoms with Gasteiger partial charge in [-0.2, -0.15) is 4.98 Å². The smallest absolute Gasteiger partial charge is 0.214 e. The molecule has 1 aliphatic carbocycles. The van der Waals surface area contributed by atoms with E-state index in [0.29, 0.717) is 18.0 Å². The molecule has 4 nitrogen and oxygen atoms in total. The van der Waals surface area contributed by atoms with Gasteiger partial charge in [-0.3, -0.25) is 0 Å². The summed E-state index contributed by atoms with van der Waals surface area (Å²) in [6.07, 6.45) is 3.77. The number of pyridine rings is 1. The van der Waals surface area contributed by atoms with Crippen LogP contribution in [0.2, 0.25) is 0 Å². The maximum Gasteiger partial charge on any atom is 0.214 e. The van der Waals surface area contributed by atoms with Crippen LogP contribution >= 0.6 is 0 Å². The van der Waals surface area contributed by atoms with Crippen LogP contribution < -0.4 is 10.1 Å². The van der Waals surface area contributed by atoms with E-state index in [1.54, 1.807) is 14.2 Å². The first kappa shape index (κ1) is 11.2. The minimum absolute atomic E-state index is 0.299. The average Bonchev–Trinajstić information content (AvgIpc) is 2.76. The number of ether oxygens (including phenoxy) is 2. The van der Waals surface area contributed by atoms with Gasteiger partial charge in [0.15, 0.2) is 0 Å². The second kappa shape index (κ2) is 5.16. The van der Waals surface area contributed by atoms with Crippen molar-refractivity contribution < 1.29 is 9.47 Å². The molecule has 1 aliphatic rings. The van der Waals surface area contributed by atoms with Gasteiger partial charge in [0.1, 0.15) is 5.82 Å². The molecule has 0 bridgehead atoms. The van der Waals surface area contributed by atoms with Crippen molar-refractivity contribution >= 4 is 5.82 Å². The molecule has 0 aromatic carbocycles. The van der Waals surface area contributed by atoms with E-state index in [4.69, 9.17) is 9.47 Å². The summed E-state index contributed by atoms with van der Waals surface area (Å²) < 4.78 is 10.5. The van der Waals surface area contributed by atoms with Crippen LogP contribution in [0.3, 0.4) is 0 Å². The Balaban J connectivity index is 2.02. The van der Waals surface area contributed by atoms with Crippen LogP contribution in [0.25, 0.3) is 0 Å². The Morgan fingerprint density at radius 1 is 1.31 bits per heavy atom. The van der Waals surface area contributed by atoms with Gasteiger partial charge in [0, 0.05) is 13.2 Å². The van der Waals surface area contributed by atoms with E-state index in [-0.39, 0.29) is 0 Å². The number of nitrogens with zero attached hydrogens (tertiary/aromatic N) is 1. The Kier molecular flexibility index (Phi) is 3.62. The molecule has 1 heterocycles. The molecule has 1 aromatic rings. The first-order valence-electron chi connectivity index (χ1n) is 5.64. The quantitative estimate of drug-likeness (QED) is 0.847. The van der Waals surface area contributed by atoms with Crippen molar-refractivity contribution in [1.82, 2.24) is 4.98 Å². The van der Waals surface area contributed by atoms with Crippen LogP contribution in [0.4, 0.5) is 5.82 Å². The fraction of sp³-hybridized carbons (Fsp3) is 0.583. The number of rotatable bonds is 4. The third-order valence-electron chi connectivity index (χ3n) is 3.02. The number of hydrogen-bond acceptors (Lipinski definition) is 4. The molecule has 0 radical (unpaired) electrons. The van der Waals surface area contributed by atoms with Gasteiger partial charge >= 0.3 is 0 Å². The van der Waals surface area contributed by atoms with Gasteiger partial charge in [0.25, 0.3) is 0 Å². The Morgan fingerprint density at radius 2 is 2.19 bits per heavy atom. The largest absolute Gasteiger partial charge is 0.481 e. The molecule has 1 aromatic heterocycles. The van der Waals surface area contributed by atoms with Crippen molar-refractivity contribution in [1.29, 1.82) is 0 Å². The number of nitrogens with one attached hydrogen (secondary N) is 1. The highest BCUT2D eigenvalue weighted by Crippen LogP contribution is 2.24. The molecule has 0 aliphatic heterocycles. The molecule has 2 unspecified atom stereocenters. The van der Waals surface area contributed by atoms with E-state index >= 15 is 0 Å². The van der Waals surface area contributed by atoms with Crippen molar-refractivity contribution in [2.45, 2.75) is 31.4 Å². The van der Waals surface area contributed by atoms with Gasteiger partial charge in [-0.15, -0.1) is 0 Å². The van der Waals surface area contributed by atoms with Gasteiger partial charge < -0.3 is 14.8 Å². The van der Waals surface area contributed by atoms with E-state index in [0.717, 1.165) is 18.7 Å². The maximum absolute atomic E-state index is 5.43. The third kappa shape index (κ3) is 2.44. The summed E-state index contributed by atoms with van der Waals surface area (Å²) in [7, 11) is 3.39. The summed E-state index contributed by atoms with van der Waals surface area (Å²) in [6.45, 7) is 0. The van der Waals surface area contributed by atoms with Crippen LogP contribution in [-0.2, 0) is 4.74 Å². The summed E-state index contributed by atoms with van der Waals surface area (Å²) in [6, 6.07) is 6.09. The maximum atomic E-state index is 5.43. The Morgan fingerprint density at radius 3 is 2.94 bits per heavy atom. The minimum Gasteiger partial charge on any atom is -0.481 e. The lowest BCUT2D eigenvalue weighted by Gasteiger charge is -2.20. The molecule has 4 heteroatoms. The van der Waals surface area contributed by atoms with Crippen molar-refractivity contribution in [3.8, 4) is 5.88 Å². The number of hydrogen-bond donors (Lipinski definition) is 1. The van der Waals surface area contributed by atoms with E-state index in [1.165, 1.54) is 6.42 Å². The van der Waals surface area contributed by atoms with E-state index in [9.17, 15) is 0 Å². The zero-order chi connectivity index (χ0) is 11.4. The monoisotopic (exact) mass is 222 g/mol. The minimum atomic E-state index is 0.299. The Bertz CT molecular complexity index is 344. The molecule has 2 atom stereocenters. The molecule has 16 heavy (non-hydrogen) atoms.